The summed E-state index contributed by atoms with van der Waals surface area (Å²) in [7, 11) is 0. The maximum atomic E-state index is 11.5. The summed E-state index contributed by atoms with van der Waals surface area (Å²) in [6.45, 7) is 1.43. The molecular weight excluding hydrogens is 306 g/mol. The number of carbonyl (C=O) groups is 2. The molecular formula is C18H15N3O3. The van der Waals surface area contributed by atoms with Crippen LogP contribution in [0.4, 0.5) is 5.69 Å². The lowest BCUT2D eigenvalue weighted by Gasteiger charge is -2.04. The normalized spacial score (nSPS) is 10.4. The van der Waals surface area contributed by atoms with E-state index in [1.807, 2.05) is 30.3 Å². The van der Waals surface area contributed by atoms with Crippen molar-refractivity contribution in [2.24, 2.45) is 0 Å². The summed E-state index contributed by atoms with van der Waals surface area (Å²) in [5, 5.41) is 16.5. The Balaban J connectivity index is 2.02. The molecule has 120 valence electrons. The van der Waals surface area contributed by atoms with Crippen LogP contribution in [0.1, 0.15) is 17.3 Å². The maximum absolute atomic E-state index is 11.5. The standard InChI is InChI=1S/C18H15N3O3/c1-12(22)19-14-9-7-13(8-10-14)17-16(18(23)24)11-21(20-17)15-5-3-2-4-6-15/h2-11H,1H3,(H,19,22)(H,23,24). The lowest BCUT2D eigenvalue weighted by Crippen LogP contribution is -2.05. The Kier molecular flexibility index (Phi) is 4.11. The Morgan fingerprint density at radius 2 is 1.71 bits per heavy atom. The number of amides is 1. The molecule has 0 radical (unpaired) electrons. The van der Waals surface area contributed by atoms with E-state index in [4.69, 9.17) is 0 Å². The van der Waals surface area contributed by atoms with Gasteiger partial charge in [-0.25, -0.2) is 9.48 Å². The minimum absolute atomic E-state index is 0.117. The maximum Gasteiger partial charge on any atom is 0.339 e. The average Bonchev–Trinajstić information content (AvgIpc) is 3.01. The molecule has 2 aromatic carbocycles. The van der Waals surface area contributed by atoms with Gasteiger partial charge < -0.3 is 10.4 Å². The van der Waals surface area contributed by atoms with Gasteiger partial charge in [0.15, 0.2) is 0 Å². The quantitative estimate of drug-likeness (QED) is 0.773. The van der Waals surface area contributed by atoms with E-state index in [-0.39, 0.29) is 11.5 Å². The van der Waals surface area contributed by atoms with Gasteiger partial charge in [-0.05, 0) is 24.3 Å². The molecule has 0 saturated carbocycles. The van der Waals surface area contributed by atoms with E-state index in [9.17, 15) is 14.7 Å². The summed E-state index contributed by atoms with van der Waals surface area (Å²) in [6.07, 6.45) is 1.49. The van der Waals surface area contributed by atoms with Gasteiger partial charge in [-0.2, -0.15) is 5.10 Å². The minimum Gasteiger partial charge on any atom is -0.478 e. The average molecular weight is 321 g/mol. The second-order valence-corrected chi connectivity index (χ2v) is 5.24. The lowest BCUT2D eigenvalue weighted by atomic mass is 10.1. The third kappa shape index (κ3) is 3.17. The van der Waals surface area contributed by atoms with Gasteiger partial charge in [0.1, 0.15) is 11.3 Å². The number of carboxylic acid groups (broad SMARTS) is 1. The minimum atomic E-state index is -1.04. The molecule has 24 heavy (non-hydrogen) atoms. The zero-order chi connectivity index (χ0) is 17.1. The summed E-state index contributed by atoms with van der Waals surface area (Å²) < 4.78 is 1.54. The van der Waals surface area contributed by atoms with Crippen LogP contribution in [0.3, 0.4) is 0 Å². The number of benzene rings is 2. The smallest absolute Gasteiger partial charge is 0.339 e. The molecule has 0 aliphatic rings. The highest BCUT2D eigenvalue weighted by atomic mass is 16.4. The zero-order valence-electron chi connectivity index (χ0n) is 12.9. The molecule has 3 rings (SSSR count). The van der Waals surface area contributed by atoms with Crippen molar-refractivity contribution in [3.05, 3.63) is 66.4 Å². The van der Waals surface area contributed by atoms with Crippen molar-refractivity contribution in [1.82, 2.24) is 9.78 Å². The molecule has 2 N–H and O–H groups in total. The van der Waals surface area contributed by atoms with E-state index in [1.54, 1.807) is 28.9 Å². The molecule has 0 fully saturated rings. The predicted octanol–water partition coefficient (Wildman–Crippen LogP) is 3.20. The Bertz CT molecular complexity index is 884. The van der Waals surface area contributed by atoms with E-state index in [0.717, 1.165) is 5.69 Å². The zero-order valence-corrected chi connectivity index (χ0v) is 12.9. The van der Waals surface area contributed by atoms with Gasteiger partial charge in [-0.1, -0.05) is 30.3 Å². The molecule has 1 aromatic heterocycles. The first-order valence-electron chi connectivity index (χ1n) is 7.31. The fraction of sp³-hybridized carbons (Fsp3) is 0.0556. The van der Waals surface area contributed by atoms with Crippen LogP contribution in [-0.2, 0) is 4.79 Å². The first kappa shape index (κ1) is 15.5. The van der Waals surface area contributed by atoms with Crippen LogP contribution in [-0.4, -0.2) is 26.8 Å². The first-order chi connectivity index (χ1) is 11.5. The van der Waals surface area contributed by atoms with Gasteiger partial charge in [0.2, 0.25) is 5.91 Å². The second-order valence-electron chi connectivity index (χ2n) is 5.24. The second kappa shape index (κ2) is 6.37. The van der Waals surface area contributed by atoms with Crippen molar-refractivity contribution in [2.45, 2.75) is 6.92 Å². The van der Waals surface area contributed by atoms with Gasteiger partial charge in [-0.3, -0.25) is 4.79 Å². The number of aromatic carboxylic acids is 1. The van der Waals surface area contributed by atoms with E-state index in [2.05, 4.69) is 10.4 Å². The molecule has 0 aliphatic carbocycles. The SMILES string of the molecule is CC(=O)Nc1ccc(-c2nn(-c3ccccc3)cc2C(=O)O)cc1. The molecule has 1 heterocycles. The molecule has 1 amide bonds. The van der Waals surface area contributed by atoms with Crippen molar-refractivity contribution in [1.29, 1.82) is 0 Å². The van der Waals surface area contributed by atoms with Gasteiger partial charge >= 0.3 is 5.97 Å². The number of anilines is 1. The van der Waals surface area contributed by atoms with Crippen LogP contribution in [0.15, 0.2) is 60.8 Å². The number of carbonyl (C=O) groups excluding carboxylic acids is 1. The van der Waals surface area contributed by atoms with Gasteiger partial charge in [-0.15, -0.1) is 0 Å². The molecule has 3 aromatic rings. The summed E-state index contributed by atoms with van der Waals surface area (Å²) in [4.78, 5) is 22.6. The largest absolute Gasteiger partial charge is 0.478 e. The molecule has 0 spiro atoms. The number of hydrogen-bond donors (Lipinski definition) is 2. The van der Waals surface area contributed by atoms with E-state index in [0.29, 0.717) is 16.9 Å². The number of carboxylic acids is 1. The highest BCUT2D eigenvalue weighted by Gasteiger charge is 2.17. The molecule has 0 bridgehead atoms. The van der Waals surface area contributed by atoms with E-state index in [1.165, 1.54) is 13.1 Å². The van der Waals surface area contributed by atoms with Crippen LogP contribution in [0.25, 0.3) is 16.9 Å². The van der Waals surface area contributed by atoms with Gasteiger partial charge in [0.25, 0.3) is 0 Å². The Labute approximate surface area is 138 Å². The van der Waals surface area contributed by atoms with Crippen LogP contribution >= 0.6 is 0 Å². The highest BCUT2D eigenvalue weighted by molar-refractivity contribution is 5.95. The number of rotatable bonds is 4. The molecule has 6 nitrogen and oxygen atoms in total. The first-order valence-corrected chi connectivity index (χ1v) is 7.31. The third-order valence-corrected chi connectivity index (χ3v) is 3.44. The molecule has 6 heteroatoms. The predicted molar refractivity (Wildman–Crippen MR) is 90.3 cm³/mol. The molecule has 0 atom stereocenters. The van der Waals surface area contributed by atoms with E-state index >= 15 is 0 Å². The Morgan fingerprint density at radius 3 is 2.29 bits per heavy atom. The fourth-order valence-corrected chi connectivity index (χ4v) is 2.37. The van der Waals surface area contributed by atoms with Crippen molar-refractivity contribution < 1.29 is 14.7 Å². The molecule has 0 aliphatic heterocycles. The van der Waals surface area contributed by atoms with Crippen molar-refractivity contribution >= 4 is 17.6 Å². The van der Waals surface area contributed by atoms with Crippen molar-refractivity contribution in [2.75, 3.05) is 5.32 Å². The molecule has 0 saturated heterocycles. The van der Waals surface area contributed by atoms with Crippen molar-refractivity contribution in [3.63, 3.8) is 0 Å². The summed E-state index contributed by atoms with van der Waals surface area (Å²) in [5.41, 5.74) is 2.58. The van der Waals surface area contributed by atoms with E-state index < -0.39 is 5.97 Å². The third-order valence-electron chi connectivity index (χ3n) is 3.44. The lowest BCUT2D eigenvalue weighted by molar-refractivity contribution is -0.114. The number of nitrogens with one attached hydrogen (secondary N) is 1. The summed E-state index contributed by atoms with van der Waals surface area (Å²) in [5.74, 6) is -1.21. The fourth-order valence-electron chi connectivity index (χ4n) is 2.37. The summed E-state index contributed by atoms with van der Waals surface area (Å²) >= 11 is 0. The number of hydrogen-bond acceptors (Lipinski definition) is 3. The van der Waals surface area contributed by atoms with Crippen LogP contribution < -0.4 is 5.32 Å². The van der Waals surface area contributed by atoms with Crippen molar-refractivity contribution in [3.8, 4) is 16.9 Å². The number of aromatic nitrogens is 2. The Hall–Kier alpha value is -3.41. The van der Waals surface area contributed by atoms with Crippen LogP contribution in [0, 0.1) is 0 Å². The van der Waals surface area contributed by atoms with Gasteiger partial charge in [0.05, 0.1) is 5.69 Å². The van der Waals surface area contributed by atoms with Crippen LogP contribution in [0.2, 0.25) is 0 Å². The topological polar surface area (TPSA) is 84.2 Å². The summed E-state index contributed by atoms with van der Waals surface area (Å²) in [6, 6.07) is 16.2. The Morgan fingerprint density at radius 1 is 1.04 bits per heavy atom. The van der Waals surface area contributed by atoms with Crippen LogP contribution in [0.5, 0.6) is 0 Å². The monoisotopic (exact) mass is 321 g/mol. The number of para-hydroxylation sites is 1. The highest BCUT2D eigenvalue weighted by Crippen LogP contribution is 2.25. The molecule has 0 unspecified atom stereocenters. The van der Waals surface area contributed by atoms with Gasteiger partial charge in [0, 0.05) is 24.4 Å². The number of nitrogens with zero attached hydrogens (tertiary/aromatic N) is 2.